The number of benzene rings is 2. The van der Waals surface area contributed by atoms with Crippen molar-refractivity contribution in [3.63, 3.8) is 0 Å². The molecule has 1 atom stereocenters. The average molecular weight is 452 g/mol. The van der Waals surface area contributed by atoms with Gasteiger partial charge in [0.15, 0.2) is 0 Å². The summed E-state index contributed by atoms with van der Waals surface area (Å²) >= 11 is 0. The van der Waals surface area contributed by atoms with Crippen LogP contribution in [-0.4, -0.2) is 62.2 Å². The Morgan fingerprint density at radius 2 is 1.70 bits per heavy atom. The number of hydrogen-bond donors (Lipinski definition) is 1. The predicted molar refractivity (Wildman–Crippen MR) is 130 cm³/mol. The van der Waals surface area contributed by atoms with Gasteiger partial charge in [-0.05, 0) is 48.2 Å². The van der Waals surface area contributed by atoms with E-state index in [0.717, 1.165) is 63.5 Å². The van der Waals surface area contributed by atoms with Crippen molar-refractivity contribution in [2.45, 2.75) is 44.8 Å². The number of morpholine rings is 1. The van der Waals surface area contributed by atoms with Crippen molar-refractivity contribution in [1.82, 2.24) is 15.1 Å². The zero-order valence-electron chi connectivity index (χ0n) is 19.8. The summed E-state index contributed by atoms with van der Waals surface area (Å²) in [7, 11) is 1.69. The topological polar surface area (TPSA) is 54.0 Å². The number of nitrogens with zero attached hydrogens (tertiary/aromatic N) is 2. The Hall–Kier alpha value is -2.41. The average Bonchev–Trinajstić information content (AvgIpc) is 3.10. The predicted octanol–water partition coefficient (Wildman–Crippen LogP) is 3.76. The van der Waals surface area contributed by atoms with Gasteiger partial charge in [-0.2, -0.15) is 0 Å². The third kappa shape index (κ3) is 7.03. The van der Waals surface area contributed by atoms with Crippen molar-refractivity contribution < 1.29 is 14.3 Å². The highest BCUT2D eigenvalue weighted by Gasteiger charge is 2.24. The summed E-state index contributed by atoms with van der Waals surface area (Å²) in [6, 6.07) is 17.2. The van der Waals surface area contributed by atoms with Gasteiger partial charge in [0.1, 0.15) is 5.75 Å². The quantitative estimate of drug-likeness (QED) is 0.662. The van der Waals surface area contributed by atoms with Gasteiger partial charge < -0.3 is 14.8 Å². The first-order valence-corrected chi connectivity index (χ1v) is 12.2. The van der Waals surface area contributed by atoms with Crippen LogP contribution in [-0.2, 0) is 22.6 Å². The van der Waals surface area contributed by atoms with Crippen LogP contribution in [0, 0.1) is 0 Å². The smallest absolute Gasteiger partial charge is 0.234 e. The number of ether oxygens (including phenoxy) is 2. The molecule has 0 unspecified atom stereocenters. The summed E-state index contributed by atoms with van der Waals surface area (Å²) in [6.45, 7) is 6.54. The molecule has 4 rings (SSSR count). The fraction of sp³-hybridized carbons (Fsp3) is 0.519. The molecule has 2 aliphatic heterocycles. The Morgan fingerprint density at radius 3 is 2.42 bits per heavy atom. The molecule has 6 nitrogen and oxygen atoms in total. The molecule has 0 radical (unpaired) electrons. The fourth-order valence-corrected chi connectivity index (χ4v) is 4.78. The van der Waals surface area contributed by atoms with Gasteiger partial charge in [-0.25, -0.2) is 0 Å². The molecule has 0 aliphatic carbocycles. The molecule has 1 amide bonds. The maximum Gasteiger partial charge on any atom is 0.234 e. The highest BCUT2D eigenvalue weighted by molar-refractivity contribution is 5.78. The molecule has 2 fully saturated rings. The number of amides is 1. The summed E-state index contributed by atoms with van der Waals surface area (Å²) in [5.74, 6) is 0.959. The van der Waals surface area contributed by atoms with Crippen LogP contribution >= 0.6 is 0 Å². The van der Waals surface area contributed by atoms with Crippen LogP contribution in [0.2, 0.25) is 0 Å². The second-order valence-electron chi connectivity index (χ2n) is 9.09. The van der Waals surface area contributed by atoms with Gasteiger partial charge in [0.25, 0.3) is 0 Å². The highest BCUT2D eigenvalue weighted by Crippen LogP contribution is 2.30. The molecule has 33 heavy (non-hydrogen) atoms. The van der Waals surface area contributed by atoms with E-state index in [9.17, 15) is 4.79 Å². The Labute approximate surface area is 197 Å². The second-order valence-corrected chi connectivity index (χ2v) is 9.09. The van der Waals surface area contributed by atoms with E-state index in [1.807, 2.05) is 12.1 Å². The number of carbonyl (C=O) groups is 1. The van der Waals surface area contributed by atoms with Crippen LogP contribution in [0.15, 0.2) is 48.5 Å². The van der Waals surface area contributed by atoms with E-state index in [1.165, 1.54) is 24.0 Å². The summed E-state index contributed by atoms with van der Waals surface area (Å²) in [5, 5.41) is 3.13. The van der Waals surface area contributed by atoms with Gasteiger partial charge in [-0.3, -0.25) is 14.6 Å². The summed E-state index contributed by atoms with van der Waals surface area (Å²) < 4.78 is 10.7. The van der Waals surface area contributed by atoms with Crippen molar-refractivity contribution in [3.8, 4) is 5.75 Å². The molecule has 6 heteroatoms. The lowest BCUT2D eigenvalue weighted by Crippen LogP contribution is -2.39. The summed E-state index contributed by atoms with van der Waals surface area (Å²) in [4.78, 5) is 17.6. The van der Waals surface area contributed by atoms with E-state index in [1.54, 1.807) is 7.11 Å². The zero-order chi connectivity index (χ0) is 22.9. The molecule has 0 aromatic heterocycles. The zero-order valence-corrected chi connectivity index (χ0v) is 19.8. The van der Waals surface area contributed by atoms with Gasteiger partial charge in [-0.1, -0.05) is 49.2 Å². The Kier molecular flexibility index (Phi) is 8.75. The van der Waals surface area contributed by atoms with Gasteiger partial charge in [0, 0.05) is 32.2 Å². The minimum absolute atomic E-state index is 0.0906. The monoisotopic (exact) mass is 451 g/mol. The molecule has 2 aromatic carbocycles. The summed E-state index contributed by atoms with van der Waals surface area (Å²) in [5.41, 5.74) is 3.71. The largest absolute Gasteiger partial charge is 0.497 e. The second kappa shape index (κ2) is 12.2. The number of carbonyl (C=O) groups excluding carboxylic acids is 1. The van der Waals surface area contributed by atoms with E-state index < -0.39 is 0 Å². The first-order valence-electron chi connectivity index (χ1n) is 12.2. The third-order valence-corrected chi connectivity index (χ3v) is 6.73. The number of hydrogen-bond acceptors (Lipinski definition) is 5. The molecule has 0 saturated carbocycles. The lowest BCUT2D eigenvalue weighted by Gasteiger charge is -2.30. The van der Waals surface area contributed by atoms with E-state index >= 15 is 0 Å². The van der Waals surface area contributed by atoms with Gasteiger partial charge >= 0.3 is 0 Å². The lowest BCUT2D eigenvalue weighted by atomic mass is 10.0. The first-order chi connectivity index (χ1) is 16.2. The van der Waals surface area contributed by atoms with E-state index in [0.29, 0.717) is 13.1 Å². The normalized spacial score (nSPS) is 20.2. The number of likely N-dealkylation sites (tertiary alicyclic amines) is 1. The molecule has 0 spiro atoms. The Balaban J connectivity index is 1.29. The molecule has 2 aromatic rings. The van der Waals surface area contributed by atoms with Crippen molar-refractivity contribution in [2.24, 2.45) is 0 Å². The van der Waals surface area contributed by atoms with Crippen LogP contribution in [0.1, 0.15) is 48.4 Å². The molecular weight excluding hydrogens is 414 g/mol. The maximum absolute atomic E-state index is 12.8. The van der Waals surface area contributed by atoms with Gasteiger partial charge in [-0.15, -0.1) is 0 Å². The molecule has 1 N–H and O–H groups in total. The number of nitrogens with one attached hydrogen (secondary N) is 1. The van der Waals surface area contributed by atoms with Crippen molar-refractivity contribution in [3.05, 3.63) is 65.2 Å². The fourth-order valence-electron chi connectivity index (χ4n) is 4.78. The maximum atomic E-state index is 12.8. The van der Waals surface area contributed by atoms with Crippen LogP contribution in [0.4, 0.5) is 0 Å². The molecule has 2 saturated heterocycles. The van der Waals surface area contributed by atoms with Crippen LogP contribution < -0.4 is 10.1 Å². The van der Waals surface area contributed by atoms with E-state index in [2.05, 4.69) is 51.5 Å². The molecule has 2 aliphatic rings. The van der Waals surface area contributed by atoms with Crippen molar-refractivity contribution >= 4 is 5.91 Å². The lowest BCUT2D eigenvalue weighted by molar-refractivity contribution is -0.123. The molecular formula is C27H37N3O3. The first kappa shape index (κ1) is 23.7. The number of rotatable bonds is 8. The molecule has 178 valence electrons. The number of methoxy groups -OCH3 is 1. The molecule has 2 heterocycles. The summed E-state index contributed by atoms with van der Waals surface area (Å²) in [6.07, 6.45) is 4.65. The van der Waals surface area contributed by atoms with Crippen LogP contribution in [0.5, 0.6) is 5.75 Å². The SMILES string of the molecule is COc1ccc([C@H]2CCCCCN2CC(=O)NCc2ccc(CN3CCOCC3)cc2)cc1. The highest BCUT2D eigenvalue weighted by atomic mass is 16.5. The van der Waals surface area contributed by atoms with Gasteiger partial charge in [0.05, 0.1) is 26.9 Å². The van der Waals surface area contributed by atoms with Crippen LogP contribution in [0.25, 0.3) is 0 Å². The Morgan fingerprint density at radius 1 is 0.970 bits per heavy atom. The third-order valence-electron chi connectivity index (χ3n) is 6.73. The van der Waals surface area contributed by atoms with Crippen molar-refractivity contribution in [1.29, 1.82) is 0 Å². The van der Waals surface area contributed by atoms with Gasteiger partial charge in [0.2, 0.25) is 5.91 Å². The minimum atomic E-state index is 0.0906. The Bertz CT molecular complexity index is 863. The van der Waals surface area contributed by atoms with Crippen molar-refractivity contribution in [2.75, 3.05) is 46.5 Å². The minimum Gasteiger partial charge on any atom is -0.497 e. The van der Waals surface area contributed by atoms with E-state index in [4.69, 9.17) is 9.47 Å². The van der Waals surface area contributed by atoms with E-state index in [-0.39, 0.29) is 11.9 Å². The van der Waals surface area contributed by atoms with Crippen LogP contribution in [0.3, 0.4) is 0 Å². The standard InChI is InChI=1S/C27H37N3O3/c1-32-25-12-10-24(11-13-25)26-5-3-2-4-14-30(26)21-27(31)28-19-22-6-8-23(9-7-22)20-29-15-17-33-18-16-29/h6-13,26H,2-5,14-21H2,1H3,(H,28,31)/t26-/m1/s1. The molecule has 0 bridgehead atoms.